The van der Waals surface area contributed by atoms with E-state index < -0.39 is 0 Å². The Labute approximate surface area is 121 Å². The van der Waals surface area contributed by atoms with Crippen LogP contribution in [0.2, 0.25) is 0 Å². The van der Waals surface area contributed by atoms with Crippen LogP contribution in [0.25, 0.3) is 11.0 Å². The lowest BCUT2D eigenvalue weighted by Gasteiger charge is -2.29. The van der Waals surface area contributed by atoms with E-state index in [0.717, 1.165) is 23.3 Å². The van der Waals surface area contributed by atoms with Gasteiger partial charge < -0.3 is 10.7 Å². The molecule has 2 aromatic rings. The molecule has 1 aliphatic rings. The van der Waals surface area contributed by atoms with E-state index in [-0.39, 0.29) is 5.41 Å². The van der Waals surface area contributed by atoms with Crippen LogP contribution in [0.1, 0.15) is 56.8 Å². The molecular formula is C17H25N3. The molecule has 0 bridgehead atoms. The molecule has 0 amide bonds. The maximum absolute atomic E-state index is 6.16. The van der Waals surface area contributed by atoms with Crippen LogP contribution in [0.3, 0.4) is 0 Å². The summed E-state index contributed by atoms with van der Waals surface area (Å²) in [5.74, 6) is 1.12. The van der Waals surface area contributed by atoms with Crippen molar-refractivity contribution in [2.24, 2.45) is 5.73 Å². The molecule has 3 rings (SSSR count). The van der Waals surface area contributed by atoms with Crippen molar-refractivity contribution < 1.29 is 0 Å². The molecule has 0 aliphatic heterocycles. The molecule has 0 spiro atoms. The third-order valence-corrected chi connectivity index (χ3v) is 4.91. The number of aryl methyl sites for hydroxylation is 1. The predicted octanol–water partition coefficient (Wildman–Crippen LogP) is 3.68. The van der Waals surface area contributed by atoms with Gasteiger partial charge in [-0.15, -0.1) is 0 Å². The summed E-state index contributed by atoms with van der Waals surface area (Å²) in [6.45, 7) is 2.89. The lowest BCUT2D eigenvalue weighted by atomic mass is 9.79. The van der Waals surface area contributed by atoms with Crippen LogP contribution in [0, 0.1) is 0 Å². The van der Waals surface area contributed by atoms with E-state index in [1.165, 1.54) is 44.1 Å². The summed E-state index contributed by atoms with van der Waals surface area (Å²) in [6.07, 6.45) is 8.62. The number of imidazole rings is 1. The zero-order valence-electron chi connectivity index (χ0n) is 12.4. The van der Waals surface area contributed by atoms with Crippen molar-refractivity contribution >= 4 is 11.0 Å². The highest BCUT2D eigenvalue weighted by Crippen LogP contribution is 2.36. The van der Waals surface area contributed by atoms with Crippen molar-refractivity contribution in [3.63, 3.8) is 0 Å². The molecule has 1 saturated carbocycles. The number of fused-ring (bicyclic) bond motifs is 1. The van der Waals surface area contributed by atoms with E-state index in [9.17, 15) is 0 Å². The smallest absolute Gasteiger partial charge is 0.114 e. The molecule has 0 unspecified atom stereocenters. The second-order valence-corrected chi connectivity index (χ2v) is 6.19. The predicted molar refractivity (Wildman–Crippen MR) is 83.9 cm³/mol. The number of nitrogens with two attached hydrogens (primary N) is 1. The quantitative estimate of drug-likeness (QED) is 0.837. The molecule has 3 N–H and O–H groups in total. The Kier molecular flexibility index (Phi) is 3.79. The van der Waals surface area contributed by atoms with Gasteiger partial charge >= 0.3 is 0 Å². The number of benzene rings is 1. The Balaban J connectivity index is 2.02. The topological polar surface area (TPSA) is 54.7 Å². The molecule has 3 heteroatoms. The number of aromatic nitrogens is 2. The normalized spacial score (nSPS) is 19.1. The minimum atomic E-state index is 0.0713. The molecule has 1 fully saturated rings. The zero-order chi connectivity index (χ0) is 14.0. The third kappa shape index (κ3) is 2.35. The standard InChI is InChI=1S/C17H25N3/c1-2-13-7-8-14-15(11-13)20-16(19-14)17(12-18)9-5-3-4-6-10-17/h7-8,11H,2-6,9-10,12,18H2,1H3,(H,19,20). The Morgan fingerprint density at radius 3 is 2.60 bits per heavy atom. The van der Waals surface area contributed by atoms with E-state index in [0.29, 0.717) is 6.54 Å². The Morgan fingerprint density at radius 2 is 1.95 bits per heavy atom. The van der Waals surface area contributed by atoms with Gasteiger partial charge in [0.2, 0.25) is 0 Å². The number of hydrogen-bond acceptors (Lipinski definition) is 2. The van der Waals surface area contributed by atoms with E-state index in [2.05, 4.69) is 30.1 Å². The van der Waals surface area contributed by atoms with Crippen LogP contribution in [0.15, 0.2) is 18.2 Å². The molecule has 1 aromatic carbocycles. The van der Waals surface area contributed by atoms with Crippen LogP contribution >= 0.6 is 0 Å². The highest BCUT2D eigenvalue weighted by Gasteiger charge is 2.34. The van der Waals surface area contributed by atoms with Gasteiger partial charge in [-0.3, -0.25) is 0 Å². The highest BCUT2D eigenvalue weighted by atomic mass is 14.9. The lowest BCUT2D eigenvalue weighted by Crippen LogP contribution is -2.35. The van der Waals surface area contributed by atoms with Crippen molar-refractivity contribution in [3.8, 4) is 0 Å². The number of H-pyrrole nitrogens is 1. The van der Waals surface area contributed by atoms with Crippen LogP contribution in [-0.4, -0.2) is 16.5 Å². The van der Waals surface area contributed by atoms with E-state index in [1.807, 2.05) is 0 Å². The van der Waals surface area contributed by atoms with Crippen LogP contribution in [0.4, 0.5) is 0 Å². The van der Waals surface area contributed by atoms with E-state index >= 15 is 0 Å². The molecule has 0 atom stereocenters. The molecule has 108 valence electrons. The first-order valence-corrected chi connectivity index (χ1v) is 7.96. The van der Waals surface area contributed by atoms with Crippen LogP contribution in [0.5, 0.6) is 0 Å². The average molecular weight is 271 g/mol. The molecule has 1 aliphatic carbocycles. The molecule has 1 aromatic heterocycles. The molecule has 20 heavy (non-hydrogen) atoms. The van der Waals surface area contributed by atoms with Crippen LogP contribution in [-0.2, 0) is 11.8 Å². The van der Waals surface area contributed by atoms with Gasteiger partial charge in [-0.25, -0.2) is 4.98 Å². The molecule has 3 nitrogen and oxygen atoms in total. The summed E-state index contributed by atoms with van der Waals surface area (Å²) in [6, 6.07) is 6.54. The van der Waals surface area contributed by atoms with Gasteiger partial charge in [0.25, 0.3) is 0 Å². The van der Waals surface area contributed by atoms with E-state index in [4.69, 9.17) is 10.7 Å². The van der Waals surface area contributed by atoms with Gasteiger partial charge in [0.15, 0.2) is 0 Å². The van der Waals surface area contributed by atoms with Gasteiger partial charge in [-0.2, -0.15) is 0 Å². The summed E-state index contributed by atoms with van der Waals surface area (Å²) in [7, 11) is 0. The SMILES string of the molecule is CCc1ccc2nc(C3(CN)CCCCCC3)[nH]c2c1. The molecular weight excluding hydrogens is 246 g/mol. The summed E-state index contributed by atoms with van der Waals surface area (Å²) in [5.41, 5.74) is 9.83. The summed E-state index contributed by atoms with van der Waals surface area (Å²) >= 11 is 0. The number of hydrogen-bond donors (Lipinski definition) is 2. The van der Waals surface area contributed by atoms with Crippen molar-refractivity contribution in [3.05, 3.63) is 29.6 Å². The van der Waals surface area contributed by atoms with Crippen molar-refractivity contribution in [1.29, 1.82) is 0 Å². The highest BCUT2D eigenvalue weighted by molar-refractivity contribution is 5.76. The largest absolute Gasteiger partial charge is 0.341 e. The number of nitrogens with one attached hydrogen (secondary N) is 1. The molecule has 1 heterocycles. The van der Waals surface area contributed by atoms with Gasteiger partial charge in [0.1, 0.15) is 5.82 Å². The fraction of sp³-hybridized carbons (Fsp3) is 0.588. The van der Waals surface area contributed by atoms with Gasteiger partial charge in [0.05, 0.1) is 11.0 Å². The minimum Gasteiger partial charge on any atom is -0.341 e. The maximum Gasteiger partial charge on any atom is 0.114 e. The lowest BCUT2D eigenvalue weighted by molar-refractivity contribution is 0.363. The van der Waals surface area contributed by atoms with Crippen molar-refractivity contribution in [1.82, 2.24) is 9.97 Å². The average Bonchev–Trinajstić information content (AvgIpc) is 2.76. The summed E-state index contributed by atoms with van der Waals surface area (Å²) in [5, 5.41) is 0. The monoisotopic (exact) mass is 271 g/mol. The van der Waals surface area contributed by atoms with Crippen molar-refractivity contribution in [2.45, 2.75) is 57.3 Å². The van der Waals surface area contributed by atoms with E-state index in [1.54, 1.807) is 0 Å². The Morgan fingerprint density at radius 1 is 1.20 bits per heavy atom. The fourth-order valence-corrected chi connectivity index (χ4v) is 3.47. The Bertz CT molecular complexity index is 577. The summed E-state index contributed by atoms with van der Waals surface area (Å²) in [4.78, 5) is 8.43. The Hall–Kier alpha value is -1.35. The molecule has 0 radical (unpaired) electrons. The number of aromatic amines is 1. The first-order chi connectivity index (χ1) is 9.77. The first kappa shape index (κ1) is 13.6. The second-order valence-electron chi connectivity index (χ2n) is 6.19. The fourth-order valence-electron chi connectivity index (χ4n) is 3.47. The molecule has 0 saturated heterocycles. The van der Waals surface area contributed by atoms with Gasteiger partial charge in [0, 0.05) is 12.0 Å². The minimum absolute atomic E-state index is 0.0713. The van der Waals surface area contributed by atoms with Gasteiger partial charge in [-0.05, 0) is 37.0 Å². The van der Waals surface area contributed by atoms with Gasteiger partial charge in [-0.1, -0.05) is 38.7 Å². The van der Waals surface area contributed by atoms with Crippen molar-refractivity contribution in [2.75, 3.05) is 6.54 Å². The first-order valence-electron chi connectivity index (χ1n) is 7.96. The number of nitrogens with zero attached hydrogens (tertiary/aromatic N) is 1. The number of rotatable bonds is 3. The zero-order valence-corrected chi connectivity index (χ0v) is 12.4. The maximum atomic E-state index is 6.16. The third-order valence-electron chi connectivity index (χ3n) is 4.91. The second kappa shape index (κ2) is 5.57. The van der Waals surface area contributed by atoms with Crippen LogP contribution < -0.4 is 5.73 Å². The summed E-state index contributed by atoms with van der Waals surface area (Å²) < 4.78 is 0.